The number of methoxy groups -OCH3 is 1. The highest BCUT2D eigenvalue weighted by Crippen LogP contribution is 2.35. The molecule has 0 atom stereocenters. The highest BCUT2D eigenvalue weighted by Gasteiger charge is 2.15. The molecule has 0 aliphatic heterocycles. The van der Waals surface area contributed by atoms with E-state index in [0.717, 1.165) is 11.1 Å². The van der Waals surface area contributed by atoms with Gasteiger partial charge in [0.05, 0.1) is 18.4 Å². The van der Waals surface area contributed by atoms with Gasteiger partial charge in [-0.1, -0.05) is 6.07 Å². The Morgan fingerprint density at radius 2 is 2.12 bits per heavy atom. The van der Waals surface area contributed by atoms with Gasteiger partial charge in [-0.3, -0.25) is 4.68 Å². The monoisotopic (exact) mass is 218 g/mol. The van der Waals surface area contributed by atoms with Crippen LogP contribution in [0, 0.1) is 6.92 Å². The Labute approximate surface area is 93.9 Å². The number of aryl methyl sites for hydroxylation is 2. The summed E-state index contributed by atoms with van der Waals surface area (Å²) in [6.07, 6.45) is 1.65. The topological polar surface area (TPSA) is 66.0 Å². The van der Waals surface area contributed by atoms with Gasteiger partial charge in [0.1, 0.15) is 6.33 Å². The van der Waals surface area contributed by atoms with Gasteiger partial charge in [-0.25, -0.2) is 4.98 Å². The molecule has 0 aliphatic rings. The van der Waals surface area contributed by atoms with Gasteiger partial charge in [0, 0.05) is 7.05 Å². The molecule has 5 heteroatoms. The first kappa shape index (κ1) is 10.5. The Hall–Kier alpha value is -2.04. The summed E-state index contributed by atoms with van der Waals surface area (Å²) in [5, 5.41) is 4.26. The lowest BCUT2D eigenvalue weighted by molar-refractivity contribution is 0.418. The first-order valence-corrected chi connectivity index (χ1v) is 4.92. The summed E-state index contributed by atoms with van der Waals surface area (Å²) in [7, 11) is 3.42. The lowest BCUT2D eigenvalue weighted by Gasteiger charge is -2.11. The van der Waals surface area contributed by atoms with Crippen LogP contribution in [-0.2, 0) is 7.05 Å². The molecule has 0 fully saturated rings. The summed E-state index contributed by atoms with van der Waals surface area (Å²) < 4.78 is 6.96. The Bertz CT molecular complexity index is 519. The zero-order valence-electron chi connectivity index (χ0n) is 9.56. The molecule has 0 spiro atoms. The van der Waals surface area contributed by atoms with Gasteiger partial charge in [0.2, 0.25) is 0 Å². The fourth-order valence-electron chi connectivity index (χ4n) is 1.65. The molecule has 2 aromatic rings. The normalized spacial score (nSPS) is 10.4. The number of nitrogens with zero attached hydrogens (tertiary/aromatic N) is 3. The van der Waals surface area contributed by atoms with Gasteiger partial charge >= 0.3 is 0 Å². The minimum Gasteiger partial charge on any atom is -0.494 e. The van der Waals surface area contributed by atoms with Crippen molar-refractivity contribution in [2.24, 2.45) is 7.05 Å². The van der Waals surface area contributed by atoms with Crippen molar-refractivity contribution >= 4 is 5.69 Å². The maximum atomic E-state index is 5.86. The van der Waals surface area contributed by atoms with Crippen molar-refractivity contribution in [1.82, 2.24) is 14.8 Å². The lowest BCUT2D eigenvalue weighted by Crippen LogP contribution is -1.98. The summed E-state index contributed by atoms with van der Waals surface area (Å²) in [6.45, 7) is 1.98. The third-order valence-corrected chi connectivity index (χ3v) is 2.42. The van der Waals surface area contributed by atoms with Gasteiger partial charge in [-0.2, -0.15) is 5.10 Å². The van der Waals surface area contributed by atoms with Crippen molar-refractivity contribution in [1.29, 1.82) is 0 Å². The molecule has 0 saturated heterocycles. The van der Waals surface area contributed by atoms with Crippen LogP contribution in [0.3, 0.4) is 0 Å². The van der Waals surface area contributed by atoms with Crippen LogP contribution in [0.2, 0.25) is 0 Å². The molecule has 1 aromatic heterocycles. The Morgan fingerprint density at radius 3 is 2.69 bits per heavy atom. The molecule has 0 radical (unpaired) electrons. The first-order valence-electron chi connectivity index (χ1n) is 4.92. The van der Waals surface area contributed by atoms with E-state index in [9.17, 15) is 0 Å². The molecule has 2 N–H and O–H groups in total. The number of anilines is 1. The van der Waals surface area contributed by atoms with Crippen LogP contribution >= 0.6 is 0 Å². The summed E-state index contributed by atoms with van der Waals surface area (Å²) in [5.74, 6) is 1.26. The summed E-state index contributed by atoms with van der Waals surface area (Å²) in [5.41, 5.74) is 8.34. The maximum Gasteiger partial charge on any atom is 0.185 e. The zero-order chi connectivity index (χ0) is 11.7. The predicted molar refractivity (Wildman–Crippen MR) is 62.1 cm³/mol. The average molecular weight is 218 g/mol. The number of hydrogen-bond donors (Lipinski definition) is 1. The van der Waals surface area contributed by atoms with Gasteiger partial charge in [-0.15, -0.1) is 0 Å². The second-order valence-corrected chi connectivity index (χ2v) is 3.62. The minimum atomic E-state index is 0.593. The van der Waals surface area contributed by atoms with Gasteiger partial charge in [-0.05, 0) is 18.6 Å². The minimum absolute atomic E-state index is 0.593. The van der Waals surface area contributed by atoms with E-state index in [1.54, 1.807) is 18.1 Å². The van der Waals surface area contributed by atoms with E-state index in [-0.39, 0.29) is 0 Å². The summed E-state index contributed by atoms with van der Waals surface area (Å²) >= 11 is 0. The Kier molecular flexibility index (Phi) is 2.52. The molecule has 1 heterocycles. The molecule has 2 rings (SSSR count). The largest absolute Gasteiger partial charge is 0.494 e. The van der Waals surface area contributed by atoms with E-state index in [1.165, 1.54) is 0 Å². The molecule has 16 heavy (non-hydrogen) atoms. The molecule has 0 saturated carbocycles. The third kappa shape index (κ3) is 1.60. The first-order chi connectivity index (χ1) is 7.63. The summed E-state index contributed by atoms with van der Waals surface area (Å²) in [6, 6.07) is 3.75. The number of benzene rings is 1. The van der Waals surface area contributed by atoms with Crippen molar-refractivity contribution in [2.75, 3.05) is 12.8 Å². The molecule has 0 amide bonds. The molecule has 0 bridgehead atoms. The van der Waals surface area contributed by atoms with E-state index in [2.05, 4.69) is 10.1 Å². The van der Waals surface area contributed by atoms with Crippen LogP contribution < -0.4 is 10.5 Å². The second-order valence-electron chi connectivity index (χ2n) is 3.62. The highest BCUT2D eigenvalue weighted by atomic mass is 16.5. The smallest absolute Gasteiger partial charge is 0.185 e. The fraction of sp³-hybridized carbons (Fsp3) is 0.273. The second kappa shape index (κ2) is 3.84. The number of nitrogen functional groups attached to an aromatic ring is 1. The molecule has 5 nitrogen and oxygen atoms in total. The molecular formula is C11H14N4O. The molecule has 1 aromatic carbocycles. The number of nitrogens with two attached hydrogens (primary N) is 1. The van der Waals surface area contributed by atoms with E-state index in [0.29, 0.717) is 17.3 Å². The molecule has 0 aliphatic carbocycles. The standard InChI is InChI=1S/C11H14N4O/c1-7-4-5-8(12)10(16-3)9(7)11-13-6-15(2)14-11/h4-6H,12H2,1-3H3. The quantitative estimate of drug-likeness (QED) is 0.773. The van der Waals surface area contributed by atoms with Crippen molar-refractivity contribution in [3.8, 4) is 17.1 Å². The van der Waals surface area contributed by atoms with Crippen LogP contribution in [0.1, 0.15) is 5.56 Å². The number of hydrogen-bond acceptors (Lipinski definition) is 4. The van der Waals surface area contributed by atoms with Crippen molar-refractivity contribution in [3.05, 3.63) is 24.0 Å². The Balaban J connectivity index is 2.67. The van der Waals surface area contributed by atoms with Crippen LogP contribution in [0.5, 0.6) is 5.75 Å². The van der Waals surface area contributed by atoms with Crippen molar-refractivity contribution in [3.63, 3.8) is 0 Å². The zero-order valence-corrected chi connectivity index (χ0v) is 9.56. The van der Waals surface area contributed by atoms with E-state index in [4.69, 9.17) is 10.5 Å². The lowest BCUT2D eigenvalue weighted by atomic mass is 10.1. The molecular weight excluding hydrogens is 204 g/mol. The van der Waals surface area contributed by atoms with E-state index < -0.39 is 0 Å². The Morgan fingerprint density at radius 1 is 1.38 bits per heavy atom. The van der Waals surface area contributed by atoms with E-state index in [1.807, 2.05) is 26.1 Å². The summed E-state index contributed by atoms with van der Waals surface area (Å²) in [4.78, 5) is 4.21. The fourth-order valence-corrected chi connectivity index (χ4v) is 1.65. The number of rotatable bonds is 2. The van der Waals surface area contributed by atoms with Crippen LogP contribution in [0.25, 0.3) is 11.4 Å². The predicted octanol–water partition coefficient (Wildman–Crippen LogP) is 1.38. The van der Waals surface area contributed by atoms with Crippen molar-refractivity contribution < 1.29 is 4.74 Å². The number of ether oxygens (including phenoxy) is 1. The van der Waals surface area contributed by atoms with Crippen molar-refractivity contribution in [2.45, 2.75) is 6.92 Å². The van der Waals surface area contributed by atoms with E-state index >= 15 is 0 Å². The van der Waals surface area contributed by atoms with Crippen LogP contribution in [-0.4, -0.2) is 21.9 Å². The maximum absolute atomic E-state index is 5.86. The molecule has 84 valence electrons. The SMILES string of the molecule is COc1c(N)ccc(C)c1-c1ncn(C)n1. The molecule has 0 unspecified atom stereocenters. The van der Waals surface area contributed by atoms with Gasteiger partial charge in [0.25, 0.3) is 0 Å². The third-order valence-electron chi connectivity index (χ3n) is 2.42. The average Bonchev–Trinajstić information content (AvgIpc) is 2.67. The number of aromatic nitrogens is 3. The van der Waals surface area contributed by atoms with Gasteiger partial charge in [0.15, 0.2) is 11.6 Å². The van der Waals surface area contributed by atoms with Gasteiger partial charge < -0.3 is 10.5 Å². The van der Waals surface area contributed by atoms with Crippen LogP contribution in [0.4, 0.5) is 5.69 Å². The highest BCUT2D eigenvalue weighted by molar-refractivity contribution is 5.76. The van der Waals surface area contributed by atoms with Crippen LogP contribution in [0.15, 0.2) is 18.5 Å².